The molecule has 3 rings (SSSR count). The Labute approximate surface area is 139 Å². The molecule has 23 heavy (non-hydrogen) atoms. The minimum Gasteiger partial charge on any atom is -0.384 e. The van der Waals surface area contributed by atoms with Gasteiger partial charge in [-0.2, -0.15) is 9.64 Å². The van der Waals surface area contributed by atoms with E-state index in [0.29, 0.717) is 12.2 Å². The number of ether oxygens (including phenoxy) is 1. The molecule has 1 aliphatic rings. The highest BCUT2D eigenvalue weighted by Gasteiger charge is 2.22. The third kappa shape index (κ3) is 3.57. The van der Waals surface area contributed by atoms with Gasteiger partial charge in [-0.3, -0.25) is 0 Å². The SMILES string of the molecule is COCCc1nsc(N2CCN(c3ncccc3C#N)CC2)n1. The molecule has 0 N–H and O–H groups in total. The van der Waals surface area contributed by atoms with Gasteiger partial charge in [0.1, 0.15) is 17.7 Å². The number of aromatic nitrogens is 3. The van der Waals surface area contributed by atoms with Gasteiger partial charge >= 0.3 is 0 Å². The average Bonchev–Trinajstić information content (AvgIpc) is 3.09. The number of rotatable bonds is 5. The first-order valence-electron chi connectivity index (χ1n) is 7.48. The van der Waals surface area contributed by atoms with Gasteiger partial charge in [0.25, 0.3) is 0 Å². The number of piperazine rings is 1. The summed E-state index contributed by atoms with van der Waals surface area (Å²) in [6, 6.07) is 5.81. The van der Waals surface area contributed by atoms with Crippen LogP contribution in [0.2, 0.25) is 0 Å². The Morgan fingerprint density at radius 3 is 2.83 bits per heavy atom. The van der Waals surface area contributed by atoms with Gasteiger partial charge in [0.15, 0.2) is 0 Å². The molecule has 1 fully saturated rings. The first kappa shape index (κ1) is 15.6. The smallest absolute Gasteiger partial charge is 0.205 e. The van der Waals surface area contributed by atoms with Crippen LogP contribution >= 0.6 is 11.5 Å². The number of pyridine rings is 1. The lowest BCUT2D eigenvalue weighted by atomic mass is 10.2. The van der Waals surface area contributed by atoms with E-state index in [4.69, 9.17) is 4.74 Å². The molecule has 3 heterocycles. The Bertz CT molecular complexity index is 689. The molecule has 0 aliphatic carbocycles. The van der Waals surface area contributed by atoms with E-state index in [1.54, 1.807) is 19.4 Å². The van der Waals surface area contributed by atoms with Crippen molar-refractivity contribution >= 4 is 22.5 Å². The van der Waals surface area contributed by atoms with Crippen LogP contribution in [0.5, 0.6) is 0 Å². The maximum absolute atomic E-state index is 9.20. The molecule has 0 aromatic carbocycles. The van der Waals surface area contributed by atoms with E-state index in [0.717, 1.165) is 49.4 Å². The fraction of sp³-hybridized carbons (Fsp3) is 0.467. The number of nitriles is 1. The molecule has 8 heteroatoms. The second kappa shape index (κ2) is 7.35. The van der Waals surface area contributed by atoms with Crippen LogP contribution < -0.4 is 9.80 Å². The summed E-state index contributed by atoms with van der Waals surface area (Å²) in [5.41, 5.74) is 0.624. The fourth-order valence-electron chi connectivity index (χ4n) is 2.51. The number of nitrogens with zero attached hydrogens (tertiary/aromatic N) is 6. The summed E-state index contributed by atoms with van der Waals surface area (Å²) in [7, 11) is 1.68. The maximum atomic E-state index is 9.20. The van der Waals surface area contributed by atoms with Crippen molar-refractivity contribution in [3.63, 3.8) is 0 Å². The van der Waals surface area contributed by atoms with Crippen LogP contribution in [-0.4, -0.2) is 54.2 Å². The van der Waals surface area contributed by atoms with Crippen molar-refractivity contribution in [3.05, 3.63) is 29.7 Å². The summed E-state index contributed by atoms with van der Waals surface area (Å²) in [6.07, 6.45) is 2.47. The zero-order chi connectivity index (χ0) is 16.1. The van der Waals surface area contributed by atoms with Gasteiger partial charge in [0, 0.05) is 57.4 Å². The van der Waals surface area contributed by atoms with E-state index < -0.39 is 0 Å². The summed E-state index contributed by atoms with van der Waals surface area (Å²) in [6.45, 7) is 3.97. The zero-order valence-electron chi connectivity index (χ0n) is 13.0. The van der Waals surface area contributed by atoms with E-state index >= 15 is 0 Å². The van der Waals surface area contributed by atoms with Gasteiger partial charge in [-0.15, -0.1) is 0 Å². The van der Waals surface area contributed by atoms with Crippen molar-refractivity contribution < 1.29 is 4.74 Å². The van der Waals surface area contributed by atoms with Crippen LogP contribution in [0.25, 0.3) is 0 Å². The predicted octanol–water partition coefficient (Wildman–Crippen LogP) is 1.32. The summed E-state index contributed by atoms with van der Waals surface area (Å²) in [4.78, 5) is 13.3. The third-order valence-corrected chi connectivity index (χ3v) is 4.56. The van der Waals surface area contributed by atoms with E-state index in [1.807, 2.05) is 6.07 Å². The number of hydrogen-bond acceptors (Lipinski definition) is 8. The highest BCUT2D eigenvalue weighted by atomic mass is 32.1. The molecular weight excluding hydrogens is 312 g/mol. The van der Waals surface area contributed by atoms with Crippen molar-refractivity contribution in [2.75, 3.05) is 49.7 Å². The molecular formula is C15H18N6OS. The molecule has 0 unspecified atom stereocenters. The number of hydrogen-bond donors (Lipinski definition) is 0. The van der Waals surface area contributed by atoms with Crippen molar-refractivity contribution in [1.29, 1.82) is 5.26 Å². The molecule has 0 spiro atoms. The van der Waals surface area contributed by atoms with Crippen LogP contribution in [0, 0.1) is 11.3 Å². The molecule has 1 saturated heterocycles. The van der Waals surface area contributed by atoms with Crippen LogP contribution in [0.3, 0.4) is 0 Å². The lowest BCUT2D eigenvalue weighted by Gasteiger charge is -2.35. The van der Waals surface area contributed by atoms with E-state index in [2.05, 4.69) is 30.2 Å². The second-order valence-electron chi connectivity index (χ2n) is 5.20. The summed E-state index contributed by atoms with van der Waals surface area (Å²) >= 11 is 1.43. The van der Waals surface area contributed by atoms with Crippen molar-refractivity contribution in [2.45, 2.75) is 6.42 Å². The first-order chi connectivity index (χ1) is 11.3. The Balaban J connectivity index is 1.62. The highest BCUT2D eigenvalue weighted by Crippen LogP contribution is 2.22. The molecule has 0 bridgehead atoms. The van der Waals surface area contributed by atoms with Gasteiger partial charge in [-0.25, -0.2) is 9.97 Å². The lowest BCUT2D eigenvalue weighted by Crippen LogP contribution is -2.47. The van der Waals surface area contributed by atoms with Crippen LogP contribution in [0.15, 0.2) is 18.3 Å². The molecule has 0 amide bonds. The summed E-state index contributed by atoms with van der Waals surface area (Å²) in [5.74, 6) is 1.61. The van der Waals surface area contributed by atoms with E-state index in [-0.39, 0.29) is 0 Å². The largest absolute Gasteiger partial charge is 0.384 e. The molecule has 2 aromatic rings. The Hall–Kier alpha value is -2.24. The van der Waals surface area contributed by atoms with E-state index in [1.165, 1.54) is 11.5 Å². The minimum atomic E-state index is 0.624. The van der Waals surface area contributed by atoms with Crippen LogP contribution in [0.1, 0.15) is 11.4 Å². The van der Waals surface area contributed by atoms with E-state index in [9.17, 15) is 5.26 Å². The molecule has 1 aliphatic heterocycles. The molecule has 120 valence electrons. The van der Waals surface area contributed by atoms with Gasteiger partial charge < -0.3 is 14.5 Å². The maximum Gasteiger partial charge on any atom is 0.205 e. The Kier molecular flexibility index (Phi) is 5.00. The van der Waals surface area contributed by atoms with Gasteiger partial charge in [0.2, 0.25) is 5.13 Å². The first-order valence-corrected chi connectivity index (χ1v) is 8.25. The fourth-order valence-corrected chi connectivity index (χ4v) is 3.28. The van der Waals surface area contributed by atoms with Gasteiger partial charge in [-0.1, -0.05) is 0 Å². The minimum absolute atomic E-state index is 0.624. The number of anilines is 2. The number of methoxy groups -OCH3 is 1. The van der Waals surface area contributed by atoms with Crippen molar-refractivity contribution in [3.8, 4) is 6.07 Å². The topological polar surface area (TPSA) is 78.2 Å². The third-order valence-electron chi connectivity index (χ3n) is 3.74. The Morgan fingerprint density at radius 2 is 2.09 bits per heavy atom. The highest BCUT2D eigenvalue weighted by molar-refractivity contribution is 7.09. The van der Waals surface area contributed by atoms with Gasteiger partial charge in [-0.05, 0) is 12.1 Å². The quantitative estimate of drug-likeness (QED) is 0.818. The standard InChI is InChI=1S/C15H18N6OS/c1-22-10-4-13-18-15(23-19-13)21-8-6-20(7-9-21)14-12(11-16)3-2-5-17-14/h2-3,5H,4,6-10H2,1H3. The molecule has 0 radical (unpaired) electrons. The second-order valence-corrected chi connectivity index (χ2v) is 5.93. The van der Waals surface area contributed by atoms with Crippen LogP contribution in [0.4, 0.5) is 10.9 Å². The molecule has 0 atom stereocenters. The summed E-state index contributed by atoms with van der Waals surface area (Å²) < 4.78 is 9.43. The zero-order valence-corrected chi connectivity index (χ0v) is 13.8. The predicted molar refractivity (Wildman–Crippen MR) is 88.9 cm³/mol. The molecule has 2 aromatic heterocycles. The Morgan fingerprint density at radius 1 is 1.30 bits per heavy atom. The van der Waals surface area contributed by atoms with Crippen molar-refractivity contribution in [2.24, 2.45) is 0 Å². The average molecular weight is 330 g/mol. The lowest BCUT2D eigenvalue weighted by molar-refractivity contribution is 0.201. The molecule has 0 saturated carbocycles. The molecule has 7 nitrogen and oxygen atoms in total. The summed E-state index contributed by atoms with van der Waals surface area (Å²) in [5, 5.41) is 10.2. The van der Waals surface area contributed by atoms with Gasteiger partial charge in [0.05, 0.1) is 12.2 Å². The normalized spacial score (nSPS) is 14.8. The van der Waals surface area contributed by atoms with Crippen LogP contribution in [-0.2, 0) is 11.2 Å². The monoisotopic (exact) mass is 330 g/mol. The van der Waals surface area contributed by atoms with Crippen molar-refractivity contribution in [1.82, 2.24) is 14.3 Å².